The summed E-state index contributed by atoms with van der Waals surface area (Å²) >= 11 is 0. The Hall–Kier alpha value is -1.49. The fraction of sp³-hybridized carbons (Fsp3) is 0.300. The van der Waals surface area contributed by atoms with Crippen molar-refractivity contribution in [2.24, 2.45) is 0 Å². The molecule has 5 heteroatoms. The van der Waals surface area contributed by atoms with E-state index in [1.54, 1.807) is 0 Å². The Balaban J connectivity index is 3.27. The molecular formula is C10H10F2O3. The number of benzene rings is 1. The first-order valence-electron chi connectivity index (χ1n) is 4.30. The smallest absolute Gasteiger partial charge is 0.335 e. The lowest BCUT2D eigenvalue weighted by molar-refractivity contribution is 0.0695. The predicted molar refractivity (Wildman–Crippen MR) is 48.8 cm³/mol. The predicted octanol–water partition coefficient (Wildman–Crippen LogP) is 1.76. The molecule has 0 saturated heterocycles. The summed E-state index contributed by atoms with van der Waals surface area (Å²) in [7, 11) is 0. The van der Waals surface area contributed by atoms with Crippen molar-refractivity contribution in [1.82, 2.24) is 0 Å². The van der Waals surface area contributed by atoms with Crippen LogP contribution < -0.4 is 0 Å². The van der Waals surface area contributed by atoms with Crippen molar-refractivity contribution in [3.05, 3.63) is 34.9 Å². The molecule has 0 radical (unpaired) electrons. The maximum atomic E-state index is 13.3. The summed E-state index contributed by atoms with van der Waals surface area (Å²) in [6.45, 7) is 1.04. The van der Waals surface area contributed by atoms with Crippen molar-refractivity contribution in [1.29, 1.82) is 0 Å². The summed E-state index contributed by atoms with van der Waals surface area (Å²) < 4.78 is 26.6. The van der Waals surface area contributed by atoms with Gasteiger partial charge in [-0.3, -0.25) is 0 Å². The van der Waals surface area contributed by atoms with Crippen LogP contribution in [0.4, 0.5) is 8.78 Å². The highest BCUT2D eigenvalue weighted by atomic mass is 19.1. The second kappa shape index (κ2) is 4.35. The Morgan fingerprint density at radius 2 is 1.87 bits per heavy atom. The Bertz CT molecular complexity index is 367. The summed E-state index contributed by atoms with van der Waals surface area (Å²) in [5, 5.41) is 17.3. The summed E-state index contributed by atoms with van der Waals surface area (Å²) in [5.41, 5.74) is -0.735. The number of halogens is 2. The molecule has 0 aliphatic heterocycles. The third-order valence-electron chi connectivity index (χ3n) is 2.09. The SMILES string of the molecule is CC(CO)c1c(F)cc(C(=O)O)cc1F. The van der Waals surface area contributed by atoms with Crippen LogP contribution in [0.25, 0.3) is 0 Å². The Labute approximate surface area is 85.0 Å². The van der Waals surface area contributed by atoms with Crippen LogP contribution in [-0.4, -0.2) is 22.8 Å². The van der Waals surface area contributed by atoms with E-state index in [2.05, 4.69) is 0 Å². The van der Waals surface area contributed by atoms with Crippen LogP contribution in [-0.2, 0) is 0 Å². The molecule has 0 spiro atoms. The molecule has 0 bridgehead atoms. The second-order valence-corrected chi connectivity index (χ2v) is 3.24. The van der Waals surface area contributed by atoms with Crippen molar-refractivity contribution in [2.45, 2.75) is 12.8 Å². The highest BCUT2D eigenvalue weighted by Crippen LogP contribution is 2.23. The van der Waals surface area contributed by atoms with Crippen LogP contribution in [0.3, 0.4) is 0 Å². The van der Waals surface area contributed by atoms with Gasteiger partial charge in [0.05, 0.1) is 5.56 Å². The van der Waals surface area contributed by atoms with E-state index in [1.807, 2.05) is 0 Å². The van der Waals surface area contributed by atoms with E-state index in [4.69, 9.17) is 10.2 Å². The number of aromatic carboxylic acids is 1. The van der Waals surface area contributed by atoms with Gasteiger partial charge in [0.15, 0.2) is 0 Å². The molecule has 15 heavy (non-hydrogen) atoms. The lowest BCUT2D eigenvalue weighted by atomic mass is 9.99. The number of carbonyl (C=O) groups is 1. The van der Waals surface area contributed by atoms with Crippen molar-refractivity contribution in [3.8, 4) is 0 Å². The molecule has 1 unspecified atom stereocenters. The molecule has 82 valence electrons. The second-order valence-electron chi connectivity index (χ2n) is 3.24. The molecule has 1 rings (SSSR count). The lowest BCUT2D eigenvalue weighted by Gasteiger charge is -2.11. The fourth-order valence-corrected chi connectivity index (χ4v) is 1.27. The number of hydrogen-bond donors (Lipinski definition) is 2. The van der Waals surface area contributed by atoms with E-state index in [0.29, 0.717) is 0 Å². The van der Waals surface area contributed by atoms with E-state index in [1.165, 1.54) is 6.92 Å². The molecule has 0 heterocycles. The van der Waals surface area contributed by atoms with Gasteiger partial charge in [0.2, 0.25) is 0 Å². The zero-order chi connectivity index (χ0) is 11.6. The monoisotopic (exact) mass is 216 g/mol. The van der Waals surface area contributed by atoms with E-state index < -0.39 is 35.7 Å². The molecule has 0 amide bonds. The maximum absolute atomic E-state index is 13.3. The summed E-state index contributed by atoms with van der Waals surface area (Å²) in [5.74, 6) is -3.99. The van der Waals surface area contributed by atoms with Gasteiger partial charge in [-0.05, 0) is 12.1 Å². The molecule has 0 aromatic heterocycles. The molecule has 3 nitrogen and oxygen atoms in total. The van der Waals surface area contributed by atoms with E-state index >= 15 is 0 Å². The van der Waals surface area contributed by atoms with Crippen molar-refractivity contribution in [3.63, 3.8) is 0 Å². The number of aliphatic hydroxyl groups is 1. The molecule has 0 saturated carbocycles. The third kappa shape index (κ3) is 2.30. The zero-order valence-electron chi connectivity index (χ0n) is 8.00. The number of rotatable bonds is 3. The summed E-state index contributed by atoms with van der Waals surface area (Å²) in [6.07, 6.45) is 0. The molecule has 0 fully saturated rings. The fourth-order valence-electron chi connectivity index (χ4n) is 1.27. The average Bonchev–Trinajstić information content (AvgIpc) is 2.16. The van der Waals surface area contributed by atoms with Gasteiger partial charge in [-0.25, -0.2) is 13.6 Å². The van der Waals surface area contributed by atoms with Crippen molar-refractivity contribution >= 4 is 5.97 Å². The minimum absolute atomic E-state index is 0.289. The van der Waals surface area contributed by atoms with E-state index in [0.717, 1.165) is 12.1 Å². The van der Waals surface area contributed by atoms with Crippen LogP contribution in [0.2, 0.25) is 0 Å². The normalized spacial score (nSPS) is 12.5. The van der Waals surface area contributed by atoms with Crippen LogP contribution in [0.1, 0.15) is 28.8 Å². The first kappa shape index (κ1) is 11.6. The molecule has 1 aromatic rings. The summed E-state index contributed by atoms with van der Waals surface area (Å²) in [6, 6.07) is 1.49. The number of carboxylic acid groups (broad SMARTS) is 1. The van der Waals surface area contributed by atoms with Gasteiger partial charge in [-0.15, -0.1) is 0 Å². The van der Waals surface area contributed by atoms with Crippen molar-refractivity contribution < 1.29 is 23.8 Å². The average molecular weight is 216 g/mol. The Kier molecular flexibility index (Phi) is 3.36. The van der Waals surface area contributed by atoms with Crippen LogP contribution in [0.5, 0.6) is 0 Å². The van der Waals surface area contributed by atoms with E-state index in [9.17, 15) is 13.6 Å². The molecular weight excluding hydrogens is 206 g/mol. The number of aliphatic hydroxyl groups excluding tert-OH is 1. The first-order valence-corrected chi connectivity index (χ1v) is 4.30. The highest BCUT2D eigenvalue weighted by Gasteiger charge is 2.18. The topological polar surface area (TPSA) is 57.5 Å². The van der Waals surface area contributed by atoms with Crippen LogP contribution in [0, 0.1) is 11.6 Å². The van der Waals surface area contributed by atoms with Crippen molar-refractivity contribution in [2.75, 3.05) is 6.61 Å². The van der Waals surface area contributed by atoms with Gasteiger partial charge in [0.1, 0.15) is 11.6 Å². The Morgan fingerprint density at radius 1 is 1.40 bits per heavy atom. The molecule has 1 atom stereocenters. The lowest BCUT2D eigenvalue weighted by Crippen LogP contribution is -2.08. The zero-order valence-corrected chi connectivity index (χ0v) is 8.00. The van der Waals surface area contributed by atoms with Gasteiger partial charge < -0.3 is 10.2 Å². The summed E-state index contributed by atoms with van der Waals surface area (Å²) in [4.78, 5) is 10.5. The first-order chi connectivity index (χ1) is 6.97. The highest BCUT2D eigenvalue weighted by molar-refractivity contribution is 5.87. The van der Waals surface area contributed by atoms with Gasteiger partial charge in [0, 0.05) is 18.1 Å². The largest absolute Gasteiger partial charge is 0.478 e. The quantitative estimate of drug-likeness (QED) is 0.809. The maximum Gasteiger partial charge on any atom is 0.335 e. The molecule has 0 aliphatic rings. The van der Waals surface area contributed by atoms with Gasteiger partial charge in [-0.2, -0.15) is 0 Å². The molecule has 0 aliphatic carbocycles. The Morgan fingerprint density at radius 3 is 2.20 bits per heavy atom. The van der Waals surface area contributed by atoms with Gasteiger partial charge in [0.25, 0.3) is 0 Å². The molecule has 1 aromatic carbocycles. The number of hydrogen-bond acceptors (Lipinski definition) is 2. The van der Waals surface area contributed by atoms with Gasteiger partial charge in [-0.1, -0.05) is 6.92 Å². The van der Waals surface area contributed by atoms with Crippen LogP contribution in [0.15, 0.2) is 12.1 Å². The van der Waals surface area contributed by atoms with Crippen LogP contribution >= 0.6 is 0 Å². The number of carboxylic acids is 1. The standard InChI is InChI=1S/C10H10F2O3/c1-5(4-13)9-7(11)2-6(10(14)15)3-8(9)12/h2-3,5,13H,4H2,1H3,(H,14,15). The third-order valence-corrected chi connectivity index (χ3v) is 2.09. The minimum atomic E-state index is -1.39. The van der Waals surface area contributed by atoms with Gasteiger partial charge >= 0.3 is 5.97 Å². The molecule has 2 N–H and O–H groups in total. The minimum Gasteiger partial charge on any atom is -0.478 e. The van der Waals surface area contributed by atoms with E-state index in [-0.39, 0.29) is 5.56 Å².